The number of benzene rings is 1. The first-order valence-electron chi connectivity index (χ1n) is 13.9. The van der Waals surface area contributed by atoms with Crippen molar-refractivity contribution in [3.05, 3.63) is 47.7 Å². The summed E-state index contributed by atoms with van der Waals surface area (Å²) < 4.78 is 63.6. The molecular formula is C29H32F2N6O4S. The number of ether oxygens (including phenoxy) is 1. The van der Waals surface area contributed by atoms with E-state index >= 15 is 0 Å². The molecule has 2 fully saturated rings. The molecule has 4 heterocycles. The number of rotatable bonds is 9. The first-order chi connectivity index (χ1) is 20.0. The topological polar surface area (TPSA) is 121 Å². The molecule has 6 rings (SSSR count). The van der Waals surface area contributed by atoms with E-state index in [1.165, 1.54) is 10.6 Å². The number of imidazole rings is 2. The summed E-state index contributed by atoms with van der Waals surface area (Å²) in [7, 11) is -1.92. The van der Waals surface area contributed by atoms with E-state index in [-0.39, 0.29) is 45.6 Å². The average molecular weight is 599 g/mol. The number of nitrogens with zero attached hydrogens (tertiary/aromatic N) is 5. The average Bonchev–Trinajstić information content (AvgIpc) is 3.64. The van der Waals surface area contributed by atoms with Gasteiger partial charge in [-0.15, -0.1) is 0 Å². The van der Waals surface area contributed by atoms with Crippen LogP contribution in [0.3, 0.4) is 0 Å². The Morgan fingerprint density at radius 3 is 2.52 bits per heavy atom. The number of pyridine rings is 1. The summed E-state index contributed by atoms with van der Waals surface area (Å²) in [6, 6.07) is 6.49. The monoisotopic (exact) mass is 598 g/mol. The van der Waals surface area contributed by atoms with E-state index in [1.807, 2.05) is 24.7 Å². The number of sulfone groups is 1. The van der Waals surface area contributed by atoms with E-state index in [0.717, 1.165) is 37.6 Å². The van der Waals surface area contributed by atoms with Gasteiger partial charge in [0.1, 0.15) is 23.4 Å². The normalized spacial score (nSPS) is 17.7. The van der Waals surface area contributed by atoms with E-state index in [2.05, 4.69) is 20.3 Å². The number of nitrogens with one attached hydrogen (secondary N) is 1. The van der Waals surface area contributed by atoms with E-state index in [4.69, 9.17) is 4.74 Å². The van der Waals surface area contributed by atoms with Crippen LogP contribution in [0.5, 0.6) is 0 Å². The van der Waals surface area contributed by atoms with Crippen molar-refractivity contribution in [3.63, 3.8) is 0 Å². The summed E-state index contributed by atoms with van der Waals surface area (Å²) in [6.07, 6.45) is 3.22. The van der Waals surface area contributed by atoms with Gasteiger partial charge in [0, 0.05) is 44.0 Å². The second kappa shape index (κ2) is 10.8. The minimum atomic E-state index is -3.74. The van der Waals surface area contributed by atoms with Crippen LogP contribution in [-0.2, 0) is 32.8 Å². The molecule has 10 nitrogen and oxygen atoms in total. The van der Waals surface area contributed by atoms with Crippen LogP contribution in [0.1, 0.15) is 62.0 Å². The predicted molar refractivity (Wildman–Crippen MR) is 153 cm³/mol. The number of hydrogen-bond donors (Lipinski definition) is 1. The summed E-state index contributed by atoms with van der Waals surface area (Å²) in [5.41, 5.74) is 2.61. The number of hydrogen-bond acceptors (Lipinski definition) is 8. The largest absolute Gasteiger partial charge is 0.358 e. The van der Waals surface area contributed by atoms with Crippen LogP contribution in [-0.4, -0.2) is 51.1 Å². The Bertz CT molecular complexity index is 1790. The lowest BCUT2D eigenvalue weighted by Gasteiger charge is -2.25. The highest BCUT2D eigenvalue weighted by molar-refractivity contribution is 7.90. The molecule has 0 bridgehead atoms. The van der Waals surface area contributed by atoms with Crippen LogP contribution >= 0.6 is 0 Å². The van der Waals surface area contributed by atoms with Crippen molar-refractivity contribution < 1.29 is 26.7 Å². The van der Waals surface area contributed by atoms with Crippen molar-refractivity contribution in [2.75, 3.05) is 18.2 Å². The van der Waals surface area contributed by atoms with E-state index in [1.54, 1.807) is 18.2 Å². The fourth-order valence-corrected chi connectivity index (χ4v) is 6.37. The van der Waals surface area contributed by atoms with Gasteiger partial charge in [-0.2, -0.15) is 0 Å². The van der Waals surface area contributed by atoms with E-state index in [0.29, 0.717) is 30.1 Å². The van der Waals surface area contributed by atoms with Crippen molar-refractivity contribution in [2.45, 2.75) is 63.0 Å². The molecule has 3 aromatic heterocycles. The van der Waals surface area contributed by atoms with E-state index in [9.17, 15) is 22.0 Å². The molecule has 1 aliphatic carbocycles. The lowest BCUT2D eigenvalue weighted by Crippen LogP contribution is -2.21. The molecular weight excluding hydrogens is 566 g/mol. The molecule has 1 aliphatic heterocycles. The third kappa shape index (κ3) is 5.54. The molecule has 1 atom stereocenters. The summed E-state index contributed by atoms with van der Waals surface area (Å²) in [5, 5.41) is 3.14. The van der Waals surface area contributed by atoms with Crippen molar-refractivity contribution in [1.82, 2.24) is 24.1 Å². The third-order valence-corrected chi connectivity index (χ3v) is 8.80. The Labute approximate surface area is 242 Å². The second-order valence-electron chi connectivity index (χ2n) is 11.1. The Morgan fingerprint density at radius 1 is 1.12 bits per heavy atom. The van der Waals surface area contributed by atoms with Crippen molar-refractivity contribution in [2.24, 2.45) is 13.0 Å². The van der Waals surface area contributed by atoms with Gasteiger partial charge in [-0.3, -0.25) is 9.36 Å². The number of carbonyl (C=O) groups is 1. The molecule has 1 saturated carbocycles. The molecule has 0 amide bonds. The van der Waals surface area contributed by atoms with Crippen LogP contribution in [0, 0.1) is 12.8 Å². The number of aromatic nitrogens is 5. The summed E-state index contributed by atoms with van der Waals surface area (Å²) in [5.74, 6) is 0.139. The number of aryl methyl sites for hydroxylation is 2. The highest BCUT2D eigenvalue weighted by atomic mass is 32.2. The fourth-order valence-electron chi connectivity index (χ4n) is 5.51. The Morgan fingerprint density at radius 2 is 1.90 bits per heavy atom. The minimum absolute atomic E-state index is 0.00496. The molecule has 2 aliphatic rings. The van der Waals surface area contributed by atoms with Gasteiger partial charge in [0.15, 0.2) is 21.3 Å². The number of anilines is 2. The third-order valence-electron chi connectivity index (χ3n) is 7.66. The number of halogens is 2. The molecule has 42 heavy (non-hydrogen) atoms. The van der Waals surface area contributed by atoms with Gasteiger partial charge in [0.2, 0.25) is 0 Å². The second-order valence-corrected chi connectivity index (χ2v) is 13.1. The van der Waals surface area contributed by atoms with Crippen LogP contribution in [0.25, 0.3) is 22.6 Å². The van der Waals surface area contributed by atoms with Gasteiger partial charge in [-0.1, -0.05) is 0 Å². The van der Waals surface area contributed by atoms with Crippen LogP contribution in [0.2, 0.25) is 0 Å². The van der Waals surface area contributed by atoms with Crippen molar-refractivity contribution >= 4 is 38.2 Å². The zero-order valence-corrected chi connectivity index (χ0v) is 24.4. The lowest BCUT2D eigenvalue weighted by atomic mass is 10.1. The molecule has 1 aromatic carbocycles. The van der Waals surface area contributed by atoms with Gasteiger partial charge >= 0.3 is 0 Å². The maximum absolute atomic E-state index is 14.3. The Balaban J connectivity index is 1.50. The molecule has 0 radical (unpaired) electrons. The molecule has 1 saturated heterocycles. The van der Waals surface area contributed by atoms with Crippen LogP contribution < -0.4 is 5.32 Å². The van der Waals surface area contributed by atoms with Gasteiger partial charge in [-0.25, -0.2) is 32.2 Å². The predicted octanol–water partition coefficient (Wildman–Crippen LogP) is 5.45. The smallest absolute Gasteiger partial charge is 0.295 e. The standard InChI is InChI=1S/C29H32F2N6O4S/c1-16-15-36(2)27(32-16)18-9-10-20(23(12-18)42(3,39)40)34-21-13-19(14-22(38)17-7-8-17)33-28-25(21)35-29(26(30)31)37(28)24-6-4-5-11-41-24/h9-10,12-13,15,17,24,26H,4-8,11,14H2,1-3H3,(H,33,34). The van der Waals surface area contributed by atoms with Gasteiger partial charge in [-0.05, 0) is 63.3 Å². The fraction of sp³-hybridized carbons (Fsp3) is 0.448. The van der Waals surface area contributed by atoms with Gasteiger partial charge in [0.05, 0.1) is 27.7 Å². The molecule has 4 aromatic rings. The molecule has 1 N–H and O–H groups in total. The molecule has 0 spiro atoms. The highest BCUT2D eigenvalue weighted by Gasteiger charge is 2.32. The summed E-state index contributed by atoms with van der Waals surface area (Å²) in [6.45, 7) is 2.28. The number of fused-ring (bicyclic) bond motifs is 1. The highest BCUT2D eigenvalue weighted by Crippen LogP contribution is 2.38. The number of carbonyl (C=O) groups excluding carboxylic acids is 1. The lowest BCUT2D eigenvalue weighted by molar-refractivity contribution is -0.119. The first kappa shape index (κ1) is 28.4. The summed E-state index contributed by atoms with van der Waals surface area (Å²) in [4.78, 5) is 26.2. The summed E-state index contributed by atoms with van der Waals surface area (Å²) >= 11 is 0. The SMILES string of the molecule is Cc1cn(C)c(-c2ccc(Nc3cc(CC(=O)C4CC4)nc4c3nc(C(F)F)n4C3CCCCO3)c(S(C)(=O)=O)c2)n1. The molecule has 13 heteroatoms. The van der Waals surface area contributed by atoms with E-state index < -0.39 is 28.3 Å². The zero-order valence-electron chi connectivity index (χ0n) is 23.6. The minimum Gasteiger partial charge on any atom is -0.358 e. The van der Waals surface area contributed by atoms with Gasteiger partial charge in [0.25, 0.3) is 6.43 Å². The van der Waals surface area contributed by atoms with Crippen LogP contribution in [0.15, 0.2) is 35.4 Å². The Kier molecular flexibility index (Phi) is 7.34. The first-order valence-corrected chi connectivity index (χ1v) is 15.8. The number of alkyl halides is 2. The maximum Gasteiger partial charge on any atom is 0.295 e. The maximum atomic E-state index is 14.3. The Hall–Kier alpha value is -3.71. The van der Waals surface area contributed by atoms with Gasteiger partial charge < -0.3 is 14.6 Å². The van der Waals surface area contributed by atoms with Crippen LogP contribution in [0.4, 0.5) is 20.2 Å². The quantitative estimate of drug-likeness (QED) is 0.270. The zero-order chi connectivity index (χ0) is 29.8. The van der Waals surface area contributed by atoms with Crippen molar-refractivity contribution in [3.8, 4) is 11.4 Å². The molecule has 222 valence electrons. The molecule has 1 unspecified atom stereocenters. The van der Waals surface area contributed by atoms with Crippen molar-refractivity contribution in [1.29, 1.82) is 0 Å². The number of ketones is 1. The number of Topliss-reactive ketones (excluding diaryl/α,β-unsaturated/α-hetero) is 1.